The zero-order chi connectivity index (χ0) is 13.0. The normalized spacial score (nSPS) is 10.6. The van der Waals surface area contributed by atoms with Crippen LogP contribution in [0.1, 0.15) is 24.6 Å². The molecule has 1 heterocycles. The zero-order valence-corrected chi connectivity index (χ0v) is 11.5. The van der Waals surface area contributed by atoms with E-state index in [1.807, 2.05) is 35.1 Å². The molecule has 96 valence electrons. The van der Waals surface area contributed by atoms with Crippen LogP contribution in [-0.4, -0.2) is 9.78 Å². The first-order valence-corrected chi connectivity index (χ1v) is 6.59. The Labute approximate surface area is 113 Å². The molecule has 1 aromatic carbocycles. The van der Waals surface area contributed by atoms with Crippen molar-refractivity contribution in [3.8, 4) is 0 Å². The summed E-state index contributed by atoms with van der Waals surface area (Å²) in [4.78, 5) is 0. The second kappa shape index (κ2) is 5.91. The van der Waals surface area contributed by atoms with Gasteiger partial charge in [-0.05, 0) is 37.1 Å². The summed E-state index contributed by atoms with van der Waals surface area (Å²) in [7, 11) is 0. The average Bonchev–Trinajstić information content (AvgIpc) is 2.78. The molecule has 0 spiro atoms. The maximum Gasteiger partial charge on any atom is 0.0575 e. The number of rotatable bonds is 5. The van der Waals surface area contributed by atoms with Gasteiger partial charge in [0.05, 0.1) is 12.2 Å². The van der Waals surface area contributed by atoms with Crippen LogP contribution in [0, 0.1) is 6.92 Å². The molecule has 0 aliphatic heterocycles. The predicted octanol–water partition coefficient (Wildman–Crippen LogP) is 3.87. The largest absolute Gasteiger partial charge is 0.379 e. The molecule has 4 heteroatoms. The molecule has 0 unspecified atom stereocenters. The van der Waals surface area contributed by atoms with Crippen LogP contribution in [0.15, 0.2) is 30.5 Å². The third-order valence-electron chi connectivity index (χ3n) is 2.90. The van der Waals surface area contributed by atoms with E-state index in [0.717, 1.165) is 30.2 Å². The number of aryl methyl sites for hydroxylation is 2. The van der Waals surface area contributed by atoms with Crippen molar-refractivity contribution in [3.05, 3.63) is 46.7 Å². The maximum atomic E-state index is 6.00. The third kappa shape index (κ3) is 3.05. The van der Waals surface area contributed by atoms with E-state index in [-0.39, 0.29) is 0 Å². The molecule has 0 atom stereocenters. The van der Waals surface area contributed by atoms with Gasteiger partial charge in [0.2, 0.25) is 0 Å². The number of halogens is 1. The Kier molecular flexibility index (Phi) is 4.26. The minimum atomic E-state index is 0.755. The van der Waals surface area contributed by atoms with Gasteiger partial charge in [0.1, 0.15) is 0 Å². The number of benzene rings is 1. The molecule has 0 saturated carbocycles. The average molecular weight is 264 g/mol. The molecule has 0 aliphatic rings. The highest BCUT2D eigenvalue weighted by molar-refractivity contribution is 6.30. The van der Waals surface area contributed by atoms with Crippen molar-refractivity contribution in [2.75, 3.05) is 5.32 Å². The topological polar surface area (TPSA) is 29.9 Å². The van der Waals surface area contributed by atoms with Crippen LogP contribution < -0.4 is 5.32 Å². The van der Waals surface area contributed by atoms with E-state index in [0.29, 0.717) is 0 Å². The van der Waals surface area contributed by atoms with E-state index >= 15 is 0 Å². The van der Waals surface area contributed by atoms with Crippen molar-refractivity contribution < 1.29 is 0 Å². The second-order valence-electron chi connectivity index (χ2n) is 4.36. The van der Waals surface area contributed by atoms with Gasteiger partial charge >= 0.3 is 0 Å². The van der Waals surface area contributed by atoms with Crippen molar-refractivity contribution in [2.45, 2.75) is 33.4 Å². The van der Waals surface area contributed by atoms with Gasteiger partial charge in [-0.15, -0.1) is 0 Å². The van der Waals surface area contributed by atoms with Crippen LogP contribution in [0.4, 0.5) is 5.69 Å². The van der Waals surface area contributed by atoms with Gasteiger partial charge in [0, 0.05) is 23.5 Å². The summed E-state index contributed by atoms with van der Waals surface area (Å²) >= 11 is 6.00. The fourth-order valence-electron chi connectivity index (χ4n) is 1.89. The van der Waals surface area contributed by atoms with Crippen LogP contribution in [0.2, 0.25) is 5.02 Å². The van der Waals surface area contributed by atoms with E-state index < -0.39 is 0 Å². The summed E-state index contributed by atoms with van der Waals surface area (Å²) in [5, 5.41) is 8.47. The monoisotopic (exact) mass is 263 g/mol. The number of hydrogen-bond acceptors (Lipinski definition) is 2. The number of aromatic nitrogens is 2. The van der Waals surface area contributed by atoms with Crippen molar-refractivity contribution in [2.24, 2.45) is 0 Å². The first kappa shape index (κ1) is 13.0. The highest BCUT2D eigenvalue weighted by Gasteiger charge is 2.03. The second-order valence-corrected chi connectivity index (χ2v) is 4.79. The van der Waals surface area contributed by atoms with E-state index in [2.05, 4.69) is 24.3 Å². The molecular weight excluding hydrogens is 246 g/mol. The smallest absolute Gasteiger partial charge is 0.0575 e. The van der Waals surface area contributed by atoms with Crippen LogP contribution in [0.25, 0.3) is 0 Å². The molecule has 18 heavy (non-hydrogen) atoms. The lowest BCUT2D eigenvalue weighted by Crippen LogP contribution is -2.09. The third-order valence-corrected chi connectivity index (χ3v) is 3.13. The first-order valence-electron chi connectivity index (χ1n) is 6.21. The van der Waals surface area contributed by atoms with Gasteiger partial charge in [0.15, 0.2) is 0 Å². The van der Waals surface area contributed by atoms with Gasteiger partial charge in [-0.25, -0.2) is 0 Å². The summed E-state index contributed by atoms with van der Waals surface area (Å²) in [5.41, 5.74) is 3.46. The predicted molar refractivity (Wildman–Crippen MR) is 76.0 cm³/mol. The minimum Gasteiger partial charge on any atom is -0.379 e. The zero-order valence-electron chi connectivity index (χ0n) is 10.8. The van der Waals surface area contributed by atoms with Gasteiger partial charge in [0.25, 0.3) is 0 Å². The number of nitrogens with zero attached hydrogens (tertiary/aromatic N) is 2. The molecule has 2 rings (SSSR count). The molecule has 2 aromatic rings. The highest BCUT2D eigenvalue weighted by Crippen LogP contribution is 2.20. The standard InChI is InChI=1S/C14H18ClN3/c1-3-8-18-13(6-7-17-18)10-16-14-9-12(15)5-4-11(14)2/h4-7,9,16H,3,8,10H2,1-2H3. The lowest BCUT2D eigenvalue weighted by molar-refractivity contribution is 0.578. The summed E-state index contributed by atoms with van der Waals surface area (Å²) in [5.74, 6) is 0. The molecule has 0 fully saturated rings. The van der Waals surface area contributed by atoms with Crippen LogP contribution in [0.3, 0.4) is 0 Å². The lowest BCUT2D eigenvalue weighted by Gasteiger charge is -2.11. The van der Waals surface area contributed by atoms with E-state index in [4.69, 9.17) is 11.6 Å². The molecule has 3 nitrogen and oxygen atoms in total. The Balaban J connectivity index is 2.06. The van der Waals surface area contributed by atoms with Crippen LogP contribution in [-0.2, 0) is 13.1 Å². The molecule has 0 saturated heterocycles. The molecule has 0 amide bonds. The van der Waals surface area contributed by atoms with Gasteiger partial charge in [-0.2, -0.15) is 5.10 Å². The Morgan fingerprint density at radius 1 is 1.33 bits per heavy atom. The quantitative estimate of drug-likeness (QED) is 0.888. The van der Waals surface area contributed by atoms with Crippen molar-refractivity contribution in [1.29, 1.82) is 0 Å². The summed E-state index contributed by atoms with van der Waals surface area (Å²) in [6, 6.07) is 7.93. The SMILES string of the molecule is CCCn1nccc1CNc1cc(Cl)ccc1C. The molecule has 1 aromatic heterocycles. The maximum absolute atomic E-state index is 6.00. The minimum absolute atomic E-state index is 0.755. The lowest BCUT2D eigenvalue weighted by atomic mass is 10.2. The highest BCUT2D eigenvalue weighted by atomic mass is 35.5. The molecule has 0 aliphatic carbocycles. The number of anilines is 1. The Hall–Kier alpha value is -1.48. The van der Waals surface area contributed by atoms with Gasteiger partial charge in [-0.1, -0.05) is 24.6 Å². The summed E-state index contributed by atoms with van der Waals surface area (Å²) in [6.07, 6.45) is 2.93. The fraction of sp³-hybridized carbons (Fsp3) is 0.357. The Morgan fingerprint density at radius 3 is 2.94 bits per heavy atom. The van der Waals surface area contributed by atoms with Crippen LogP contribution in [0.5, 0.6) is 0 Å². The van der Waals surface area contributed by atoms with E-state index in [9.17, 15) is 0 Å². The molecule has 1 N–H and O–H groups in total. The Bertz CT molecular complexity index is 520. The van der Waals surface area contributed by atoms with E-state index in [1.54, 1.807) is 0 Å². The van der Waals surface area contributed by atoms with Crippen LogP contribution >= 0.6 is 11.6 Å². The first-order chi connectivity index (χ1) is 8.70. The summed E-state index contributed by atoms with van der Waals surface area (Å²) in [6.45, 7) is 5.95. The number of nitrogens with one attached hydrogen (secondary N) is 1. The molecular formula is C14H18ClN3. The molecule has 0 radical (unpaired) electrons. The van der Waals surface area contributed by atoms with Crippen molar-refractivity contribution >= 4 is 17.3 Å². The van der Waals surface area contributed by atoms with Gasteiger partial charge in [-0.3, -0.25) is 4.68 Å². The van der Waals surface area contributed by atoms with Crippen molar-refractivity contribution in [3.63, 3.8) is 0 Å². The van der Waals surface area contributed by atoms with Crippen molar-refractivity contribution in [1.82, 2.24) is 9.78 Å². The number of hydrogen-bond donors (Lipinski definition) is 1. The molecule has 0 bridgehead atoms. The Morgan fingerprint density at radius 2 is 2.17 bits per heavy atom. The van der Waals surface area contributed by atoms with Gasteiger partial charge < -0.3 is 5.32 Å². The fourth-order valence-corrected chi connectivity index (χ4v) is 2.07. The summed E-state index contributed by atoms with van der Waals surface area (Å²) < 4.78 is 2.03. The van der Waals surface area contributed by atoms with E-state index in [1.165, 1.54) is 11.3 Å².